The van der Waals surface area contributed by atoms with Gasteiger partial charge < -0.3 is 15.0 Å². The average molecular weight is 390 g/mol. The highest BCUT2D eigenvalue weighted by atomic mass is 79.9. The van der Waals surface area contributed by atoms with Crippen LogP contribution in [0, 0.1) is 0 Å². The van der Waals surface area contributed by atoms with Crippen LogP contribution in [0.15, 0.2) is 28.9 Å². The largest absolute Gasteiger partial charge is 0.505 e. The number of aromatic hydroxyl groups is 1. The average Bonchev–Trinajstić information content (AvgIpc) is 3.18. The first-order valence-electron chi connectivity index (χ1n) is 6.32. The van der Waals surface area contributed by atoms with Crippen LogP contribution in [0.25, 0.3) is 0 Å². The molecule has 1 aliphatic carbocycles. The number of carbonyl (C=O) groups excluding carboxylic acids is 1. The molecule has 3 rings (SSSR count). The molecular weight excluding hydrogens is 379 g/mol. The molecule has 7 heteroatoms. The van der Waals surface area contributed by atoms with Crippen LogP contribution in [0.4, 0.5) is 5.69 Å². The van der Waals surface area contributed by atoms with E-state index in [1.54, 1.807) is 6.07 Å². The molecule has 4 nitrogen and oxygen atoms in total. The van der Waals surface area contributed by atoms with Gasteiger partial charge in [-0.05, 0) is 47.0 Å². The predicted molar refractivity (Wildman–Crippen MR) is 86.5 cm³/mol. The molecule has 0 aliphatic heterocycles. The highest BCUT2D eigenvalue weighted by molar-refractivity contribution is 9.10. The minimum absolute atomic E-state index is 0.0940. The molecule has 1 heterocycles. The first-order valence-corrected chi connectivity index (χ1v) is 7.87. The number of aromatic nitrogens is 1. The Balaban J connectivity index is 1.87. The summed E-state index contributed by atoms with van der Waals surface area (Å²) >= 11 is 15.1. The van der Waals surface area contributed by atoms with Gasteiger partial charge >= 0.3 is 0 Å². The molecule has 0 atom stereocenters. The molecule has 0 saturated heterocycles. The van der Waals surface area contributed by atoms with Crippen LogP contribution < -0.4 is 5.32 Å². The van der Waals surface area contributed by atoms with Crippen molar-refractivity contribution in [2.45, 2.75) is 18.9 Å². The lowest BCUT2D eigenvalue weighted by molar-refractivity contribution is 0.101. The number of nitrogens with zero attached hydrogens (tertiary/aromatic N) is 1. The Bertz CT molecular complexity index is 703. The third-order valence-electron chi connectivity index (χ3n) is 3.26. The number of carbonyl (C=O) groups is 1. The first-order chi connectivity index (χ1) is 9.95. The number of amides is 1. The van der Waals surface area contributed by atoms with E-state index >= 15 is 0 Å². The SMILES string of the molecule is O=C(Nc1cc(Cl)c(O)c(Cl)c1)c1cc(Br)cn1C1CC1. The van der Waals surface area contributed by atoms with Gasteiger partial charge in [-0.25, -0.2) is 0 Å². The molecule has 1 aromatic heterocycles. The molecule has 1 saturated carbocycles. The second kappa shape index (κ2) is 5.55. The lowest BCUT2D eigenvalue weighted by Gasteiger charge is -2.10. The van der Waals surface area contributed by atoms with Crippen LogP contribution in [0.3, 0.4) is 0 Å². The maximum Gasteiger partial charge on any atom is 0.272 e. The highest BCUT2D eigenvalue weighted by Crippen LogP contribution is 2.38. The lowest BCUT2D eigenvalue weighted by Crippen LogP contribution is -2.16. The maximum absolute atomic E-state index is 12.4. The summed E-state index contributed by atoms with van der Waals surface area (Å²) in [5, 5.41) is 12.5. The minimum Gasteiger partial charge on any atom is -0.505 e. The van der Waals surface area contributed by atoms with Gasteiger partial charge in [0.1, 0.15) is 5.69 Å². The molecular formula is C14H11BrCl2N2O2. The zero-order valence-electron chi connectivity index (χ0n) is 10.7. The molecule has 1 aliphatic rings. The molecule has 110 valence electrons. The second-order valence-electron chi connectivity index (χ2n) is 4.92. The van der Waals surface area contributed by atoms with Gasteiger partial charge in [0.25, 0.3) is 5.91 Å². The van der Waals surface area contributed by atoms with E-state index in [0.29, 0.717) is 17.4 Å². The Morgan fingerprint density at radius 3 is 2.48 bits per heavy atom. The zero-order chi connectivity index (χ0) is 15.1. The Labute approximate surface area is 139 Å². The van der Waals surface area contributed by atoms with Crippen LogP contribution >= 0.6 is 39.1 Å². The van der Waals surface area contributed by atoms with Gasteiger partial charge in [-0.3, -0.25) is 4.79 Å². The fraction of sp³-hybridized carbons (Fsp3) is 0.214. The minimum atomic E-state index is -0.245. The van der Waals surface area contributed by atoms with Crippen LogP contribution in [-0.2, 0) is 0 Å². The van der Waals surface area contributed by atoms with Gasteiger partial charge in [0.05, 0.1) is 10.0 Å². The summed E-state index contributed by atoms with van der Waals surface area (Å²) in [6.07, 6.45) is 4.07. The van der Waals surface area contributed by atoms with E-state index in [2.05, 4.69) is 21.2 Å². The summed E-state index contributed by atoms with van der Waals surface area (Å²) in [6.45, 7) is 0. The normalized spacial score (nSPS) is 14.2. The third-order valence-corrected chi connectivity index (χ3v) is 4.27. The Kier molecular flexibility index (Phi) is 3.90. The molecule has 1 amide bonds. The molecule has 1 aromatic carbocycles. The smallest absolute Gasteiger partial charge is 0.272 e. The molecule has 21 heavy (non-hydrogen) atoms. The van der Waals surface area contributed by atoms with E-state index < -0.39 is 0 Å². The highest BCUT2D eigenvalue weighted by Gasteiger charge is 2.27. The van der Waals surface area contributed by atoms with E-state index in [1.807, 2.05) is 10.8 Å². The number of phenolic OH excluding ortho intramolecular Hbond substituents is 1. The quantitative estimate of drug-likeness (QED) is 0.737. The number of benzene rings is 1. The fourth-order valence-electron chi connectivity index (χ4n) is 2.12. The van der Waals surface area contributed by atoms with Crippen molar-refractivity contribution in [3.63, 3.8) is 0 Å². The molecule has 0 spiro atoms. The summed E-state index contributed by atoms with van der Waals surface area (Å²) in [7, 11) is 0. The summed E-state index contributed by atoms with van der Waals surface area (Å²) < 4.78 is 2.82. The number of halogens is 3. The van der Waals surface area contributed by atoms with Crippen LogP contribution in [0.5, 0.6) is 5.75 Å². The van der Waals surface area contributed by atoms with Crippen LogP contribution in [-0.4, -0.2) is 15.6 Å². The first kappa shape index (κ1) is 14.8. The number of anilines is 1. The van der Waals surface area contributed by atoms with E-state index in [9.17, 15) is 9.90 Å². The second-order valence-corrected chi connectivity index (χ2v) is 6.65. The molecule has 1 fully saturated rings. The Morgan fingerprint density at radius 1 is 1.29 bits per heavy atom. The van der Waals surface area contributed by atoms with Crippen molar-refractivity contribution < 1.29 is 9.90 Å². The van der Waals surface area contributed by atoms with Gasteiger partial charge in [-0.1, -0.05) is 23.2 Å². The van der Waals surface area contributed by atoms with Gasteiger partial charge in [0.15, 0.2) is 5.75 Å². The zero-order valence-corrected chi connectivity index (χ0v) is 13.8. The van der Waals surface area contributed by atoms with E-state index in [4.69, 9.17) is 23.2 Å². The van der Waals surface area contributed by atoms with Crippen molar-refractivity contribution >= 4 is 50.7 Å². The van der Waals surface area contributed by atoms with E-state index in [-0.39, 0.29) is 21.7 Å². The molecule has 0 unspecified atom stereocenters. The molecule has 2 aromatic rings. The van der Waals surface area contributed by atoms with Crippen LogP contribution in [0.1, 0.15) is 29.4 Å². The van der Waals surface area contributed by atoms with E-state index in [1.165, 1.54) is 12.1 Å². The number of hydrogen-bond donors (Lipinski definition) is 2. The summed E-state index contributed by atoms with van der Waals surface area (Å²) in [5.41, 5.74) is 1.01. The third kappa shape index (κ3) is 3.05. The topological polar surface area (TPSA) is 54.3 Å². The predicted octanol–water partition coefficient (Wildman–Crippen LogP) is 4.85. The van der Waals surface area contributed by atoms with Crippen molar-refractivity contribution in [1.29, 1.82) is 0 Å². The number of phenols is 1. The van der Waals surface area contributed by atoms with Gasteiger partial charge in [-0.2, -0.15) is 0 Å². The van der Waals surface area contributed by atoms with Gasteiger partial charge in [0, 0.05) is 22.4 Å². The Hall–Kier alpha value is -1.17. The summed E-state index contributed by atoms with van der Waals surface area (Å²) in [4.78, 5) is 12.4. The van der Waals surface area contributed by atoms with Gasteiger partial charge in [0.2, 0.25) is 0 Å². The fourth-order valence-corrected chi connectivity index (χ4v) is 3.04. The molecule has 0 radical (unpaired) electrons. The van der Waals surface area contributed by atoms with Crippen molar-refractivity contribution in [1.82, 2.24) is 4.57 Å². The number of hydrogen-bond acceptors (Lipinski definition) is 2. The maximum atomic E-state index is 12.4. The Morgan fingerprint density at radius 2 is 1.90 bits per heavy atom. The monoisotopic (exact) mass is 388 g/mol. The van der Waals surface area contributed by atoms with Crippen LogP contribution in [0.2, 0.25) is 10.0 Å². The standard InChI is InChI=1S/C14H11BrCl2N2O2/c15-7-3-12(19(6-7)9-1-2-9)14(21)18-8-4-10(16)13(20)11(17)5-8/h3-6,9,20H,1-2H2,(H,18,21). The molecule has 0 bridgehead atoms. The van der Waals surface area contributed by atoms with Crippen molar-refractivity contribution in [3.05, 3.63) is 44.6 Å². The molecule has 2 N–H and O–H groups in total. The number of rotatable bonds is 3. The lowest BCUT2D eigenvalue weighted by atomic mass is 10.3. The van der Waals surface area contributed by atoms with Crippen molar-refractivity contribution in [2.24, 2.45) is 0 Å². The summed E-state index contributed by atoms with van der Waals surface area (Å²) in [6, 6.07) is 5.08. The summed E-state index contributed by atoms with van der Waals surface area (Å²) in [5.74, 6) is -0.439. The van der Waals surface area contributed by atoms with Crippen molar-refractivity contribution in [2.75, 3.05) is 5.32 Å². The van der Waals surface area contributed by atoms with Gasteiger partial charge in [-0.15, -0.1) is 0 Å². The number of nitrogens with one attached hydrogen (secondary N) is 1. The van der Waals surface area contributed by atoms with E-state index in [0.717, 1.165) is 17.3 Å². The van der Waals surface area contributed by atoms with Crippen molar-refractivity contribution in [3.8, 4) is 5.75 Å².